The number of rotatable bonds is 5. The summed E-state index contributed by atoms with van der Waals surface area (Å²) in [4.78, 5) is 20.9. The molecule has 1 aliphatic rings. The molecule has 6 nitrogen and oxygen atoms in total. The lowest BCUT2D eigenvalue weighted by atomic mass is 10.0. The van der Waals surface area contributed by atoms with Gasteiger partial charge in [-0.25, -0.2) is 4.79 Å². The lowest BCUT2D eigenvalue weighted by molar-refractivity contribution is 0.183. The zero-order valence-corrected chi connectivity index (χ0v) is 14.9. The van der Waals surface area contributed by atoms with Gasteiger partial charge in [-0.2, -0.15) is 0 Å². The molecule has 1 aromatic carbocycles. The van der Waals surface area contributed by atoms with Crippen LogP contribution >= 0.6 is 0 Å². The summed E-state index contributed by atoms with van der Waals surface area (Å²) in [6.07, 6.45) is 4.10. The molecule has 1 atom stereocenters. The fourth-order valence-electron chi connectivity index (χ4n) is 3.66. The van der Waals surface area contributed by atoms with Crippen molar-refractivity contribution in [3.05, 3.63) is 64.4 Å². The van der Waals surface area contributed by atoms with Crippen molar-refractivity contribution in [3.8, 4) is 0 Å². The molecule has 1 fully saturated rings. The van der Waals surface area contributed by atoms with Gasteiger partial charge in [0, 0.05) is 37.9 Å². The van der Waals surface area contributed by atoms with Crippen LogP contribution in [0.2, 0.25) is 0 Å². The quantitative estimate of drug-likeness (QED) is 0.739. The Morgan fingerprint density at radius 1 is 1.31 bits per heavy atom. The summed E-state index contributed by atoms with van der Waals surface area (Å²) in [5, 5.41) is 3.72. The van der Waals surface area contributed by atoms with Crippen LogP contribution in [0, 0.1) is 0 Å². The third-order valence-corrected chi connectivity index (χ3v) is 5.13. The summed E-state index contributed by atoms with van der Waals surface area (Å²) < 4.78 is 5.17. The second kappa shape index (κ2) is 7.43. The number of pyridine rings is 1. The number of fused-ring (bicyclic) bond motifs is 1. The van der Waals surface area contributed by atoms with E-state index in [-0.39, 0.29) is 6.04 Å². The maximum Gasteiger partial charge on any atom is 0.417 e. The molecule has 4 rings (SSSR count). The molecule has 0 saturated carbocycles. The van der Waals surface area contributed by atoms with Gasteiger partial charge >= 0.3 is 5.76 Å². The molecule has 1 aliphatic heterocycles. The Kier molecular flexibility index (Phi) is 4.86. The predicted octanol–water partition coefficient (Wildman–Crippen LogP) is 2.83. The lowest BCUT2D eigenvalue weighted by Crippen LogP contribution is -2.43. The molecule has 136 valence electrons. The fourth-order valence-corrected chi connectivity index (χ4v) is 3.66. The van der Waals surface area contributed by atoms with E-state index in [2.05, 4.69) is 33.2 Å². The Hall–Kier alpha value is -2.44. The van der Waals surface area contributed by atoms with Gasteiger partial charge in [-0.15, -0.1) is 0 Å². The highest BCUT2D eigenvalue weighted by Gasteiger charge is 2.21. The number of aromatic nitrogens is 2. The van der Waals surface area contributed by atoms with Crippen molar-refractivity contribution in [2.24, 2.45) is 0 Å². The van der Waals surface area contributed by atoms with Gasteiger partial charge in [0.15, 0.2) is 5.58 Å². The van der Waals surface area contributed by atoms with Crippen molar-refractivity contribution in [2.75, 3.05) is 13.1 Å². The third-order valence-electron chi connectivity index (χ3n) is 5.13. The summed E-state index contributed by atoms with van der Waals surface area (Å²) in [5.74, 6) is -0.405. The SMILES string of the molecule is CC(NC1CCN(Cc2ccccn2)CC1)c1ccc2[nH]c(=O)oc2c1. The molecule has 1 unspecified atom stereocenters. The molecule has 2 N–H and O–H groups in total. The Balaban J connectivity index is 1.32. The molecule has 0 amide bonds. The number of aromatic amines is 1. The zero-order valence-electron chi connectivity index (χ0n) is 14.9. The van der Waals surface area contributed by atoms with Crippen molar-refractivity contribution >= 4 is 11.1 Å². The van der Waals surface area contributed by atoms with E-state index in [9.17, 15) is 4.79 Å². The molecular weight excluding hydrogens is 328 g/mol. The molecule has 26 heavy (non-hydrogen) atoms. The summed E-state index contributed by atoms with van der Waals surface area (Å²) in [5.41, 5.74) is 3.63. The minimum absolute atomic E-state index is 0.215. The van der Waals surface area contributed by atoms with E-state index in [0.717, 1.165) is 49.2 Å². The van der Waals surface area contributed by atoms with Gasteiger partial charge in [0.25, 0.3) is 0 Å². The molecule has 0 radical (unpaired) electrons. The van der Waals surface area contributed by atoms with Gasteiger partial charge in [0.05, 0.1) is 11.2 Å². The van der Waals surface area contributed by atoms with Gasteiger partial charge in [-0.05, 0) is 49.6 Å². The molecule has 0 spiro atoms. The number of nitrogens with one attached hydrogen (secondary N) is 2. The van der Waals surface area contributed by atoms with Crippen LogP contribution in [-0.4, -0.2) is 34.0 Å². The molecule has 3 heterocycles. The van der Waals surface area contributed by atoms with Crippen LogP contribution in [0.3, 0.4) is 0 Å². The van der Waals surface area contributed by atoms with Crippen LogP contribution in [0.15, 0.2) is 51.8 Å². The zero-order chi connectivity index (χ0) is 17.9. The molecule has 6 heteroatoms. The van der Waals surface area contributed by atoms with Crippen LogP contribution < -0.4 is 11.1 Å². The monoisotopic (exact) mass is 352 g/mol. The van der Waals surface area contributed by atoms with Crippen molar-refractivity contribution in [2.45, 2.75) is 38.4 Å². The van der Waals surface area contributed by atoms with E-state index in [4.69, 9.17) is 4.42 Å². The van der Waals surface area contributed by atoms with Crippen LogP contribution in [0.4, 0.5) is 0 Å². The Morgan fingerprint density at radius 3 is 2.92 bits per heavy atom. The van der Waals surface area contributed by atoms with E-state index in [0.29, 0.717) is 11.6 Å². The van der Waals surface area contributed by atoms with Gasteiger partial charge in [0.1, 0.15) is 0 Å². The van der Waals surface area contributed by atoms with Crippen molar-refractivity contribution in [1.29, 1.82) is 0 Å². The van der Waals surface area contributed by atoms with Crippen LogP contribution in [0.25, 0.3) is 11.1 Å². The predicted molar refractivity (Wildman–Crippen MR) is 101 cm³/mol. The normalized spacial score (nSPS) is 17.6. The number of oxazole rings is 1. The number of likely N-dealkylation sites (tertiary alicyclic amines) is 1. The van der Waals surface area contributed by atoms with Crippen molar-refractivity contribution in [3.63, 3.8) is 0 Å². The Labute approximate surface area is 152 Å². The molecular formula is C20H24N4O2. The Morgan fingerprint density at radius 2 is 2.15 bits per heavy atom. The second-order valence-corrected chi connectivity index (χ2v) is 7.03. The summed E-state index contributed by atoms with van der Waals surface area (Å²) >= 11 is 0. The van der Waals surface area contributed by atoms with E-state index >= 15 is 0 Å². The summed E-state index contributed by atoms with van der Waals surface area (Å²) in [6, 6.07) is 12.7. The van der Waals surface area contributed by atoms with Gasteiger partial charge in [0.2, 0.25) is 0 Å². The van der Waals surface area contributed by atoms with E-state index in [1.165, 1.54) is 0 Å². The standard InChI is InChI=1S/C20H24N4O2/c1-14(15-5-6-18-19(12-15)26-20(25)23-18)22-16-7-10-24(11-8-16)13-17-4-2-3-9-21-17/h2-6,9,12,14,16,22H,7-8,10-11,13H2,1H3,(H,23,25). The third kappa shape index (κ3) is 3.86. The number of benzene rings is 1. The molecule has 2 aromatic heterocycles. The number of H-pyrrole nitrogens is 1. The average Bonchev–Trinajstić information content (AvgIpc) is 3.03. The maximum absolute atomic E-state index is 11.3. The van der Waals surface area contributed by atoms with Gasteiger partial charge in [-0.1, -0.05) is 12.1 Å². The lowest BCUT2D eigenvalue weighted by Gasteiger charge is -2.33. The molecule has 0 aliphatic carbocycles. The van der Waals surface area contributed by atoms with Gasteiger partial charge in [-0.3, -0.25) is 14.9 Å². The fraction of sp³-hybridized carbons (Fsp3) is 0.400. The number of hydrogen-bond acceptors (Lipinski definition) is 5. The van der Waals surface area contributed by atoms with Crippen molar-refractivity contribution in [1.82, 2.24) is 20.2 Å². The van der Waals surface area contributed by atoms with Crippen molar-refractivity contribution < 1.29 is 4.42 Å². The maximum atomic E-state index is 11.3. The van der Waals surface area contributed by atoms with Gasteiger partial charge < -0.3 is 9.73 Å². The first kappa shape index (κ1) is 17.0. The Bertz CT molecular complexity index is 910. The summed E-state index contributed by atoms with van der Waals surface area (Å²) in [6.45, 7) is 5.23. The number of nitrogens with zero attached hydrogens (tertiary/aromatic N) is 2. The molecule has 0 bridgehead atoms. The minimum Gasteiger partial charge on any atom is -0.408 e. The molecule has 3 aromatic rings. The van der Waals surface area contributed by atoms with E-state index in [1.807, 2.05) is 36.5 Å². The largest absolute Gasteiger partial charge is 0.417 e. The first-order valence-electron chi connectivity index (χ1n) is 9.18. The summed E-state index contributed by atoms with van der Waals surface area (Å²) in [7, 11) is 0. The van der Waals surface area contributed by atoms with Crippen LogP contribution in [0.1, 0.15) is 37.1 Å². The highest BCUT2D eigenvalue weighted by Crippen LogP contribution is 2.21. The number of piperidine rings is 1. The second-order valence-electron chi connectivity index (χ2n) is 7.03. The van der Waals surface area contributed by atoms with Crippen LogP contribution in [-0.2, 0) is 6.54 Å². The topological polar surface area (TPSA) is 74.2 Å². The highest BCUT2D eigenvalue weighted by atomic mass is 16.4. The minimum atomic E-state index is -0.405. The van der Waals surface area contributed by atoms with Crippen LogP contribution in [0.5, 0.6) is 0 Å². The first-order chi connectivity index (χ1) is 12.7. The molecule has 1 saturated heterocycles. The highest BCUT2D eigenvalue weighted by molar-refractivity contribution is 5.72. The van der Waals surface area contributed by atoms with E-state index < -0.39 is 5.76 Å². The van der Waals surface area contributed by atoms with E-state index in [1.54, 1.807) is 0 Å². The number of hydrogen-bond donors (Lipinski definition) is 2. The first-order valence-corrected chi connectivity index (χ1v) is 9.18. The smallest absolute Gasteiger partial charge is 0.408 e. The average molecular weight is 352 g/mol.